The zero-order valence-corrected chi connectivity index (χ0v) is 12.1. The van der Waals surface area contributed by atoms with E-state index in [4.69, 9.17) is 11.6 Å². The Labute approximate surface area is 123 Å². The number of nitrogens with zero attached hydrogens (tertiary/aromatic N) is 2. The normalized spacial score (nSPS) is 22.9. The van der Waals surface area contributed by atoms with E-state index in [-0.39, 0.29) is 18.1 Å². The summed E-state index contributed by atoms with van der Waals surface area (Å²) in [6, 6.07) is 4.74. The predicted octanol–water partition coefficient (Wildman–Crippen LogP) is 2.33. The molecule has 0 unspecified atom stereocenters. The highest BCUT2D eigenvalue weighted by molar-refractivity contribution is 6.31. The Balaban J connectivity index is 1.64. The largest absolute Gasteiger partial charge is 0.340 e. The number of fused-ring (bicyclic) bond motifs is 1. The SMILES string of the molecule is O=C(Cc1ccc(F)cc1Cl)N1CCN2CCC[C@@H]2C1. The van der Waals surface area contributed by atoms with Gasteiger partial charge < -0.3 is 4.90 Å². The summed E-state index contributed by atoms with van der Waals surface area (Å²) in [6.07, 6.45) is 2.67. The first-order valence-electron chi connectivity index (χ1n) is 7.09. The quantitative estimate of drug-likeness (QED) is 0.836. The zero-order chi connectivity index (χ0) is 14.1. The Morgan fingerprint density at radius 3 is 3.00 bits per heavy atom. The summed E-state index contributed by atoms with van der Waals surface area (Å²) in [7, 11) is 0. The average Bonchev–Trinajstić information content (AvgIpc) is 2.89. The van der Waals surface area contributed by atoms with E-state index in [9.17, 15) is 9.18 Å². The fraction of sp³-hybridized carbons (Fsp3) is 0.533. The van der Waals surface area contributed by atoms with Crippen LogP contribution in [0.4, 0.5) is 4.39 Å². The van der Waals surface area contributed by atoms with Crippen molar-refractivity contribution in [3.63, 3.8) is 0 Å². The lowest BCUT2D eigenvalue weighted by molar-refractivity contribution is -0.133. The molecular weight excluding hydrogens is 279 g/mol. The van der Waals surface area contributed by atoms with Crippen molar-refractivity contribution in [2.24, 2.45) is 0 Å². The van der Waals surface area contributed by atoms with Crippen LogP contribution in [0.15, 0.2) is 18.2 Å². The van der Waals surface area contributed by atoms with E-state index in [0.29, 0.717) is 16.6 Å². The van der Waals surface area contributed by atoms with Crippen LogP contribution in [0.1, 0.15) is 18.4 Å². The molecule has 0 aromatic heterocycles. The van der Waals surface area contributed by atoms with Gasteiger partial charge >= 0.3 is 0 Å². The molecule has 2 saturated heterocycles. The number of amides is 1. The maximum atomic E-state index is 13.0. The van der Waals surface area contributed by atoms with Crippen LogP contribution in [0.5, 0.6) is 0 Å². The van der Waals surface area contributed by atoms with Crippen molar-refractivity contribution in [2.75, 3.05) is 26.2 Å². The molecule has 3 rings (SSSR count). The number of carbonyl (C=O) groups excluding carboxylic acids is 1. The molecular formula is C15H18ClFN2O. The molecule has 0 radical (unpaired) electrons. The minimum Gasteiger partial charge on any atom is -0.340 e. The highest BCUT2D eigenvalue weighted by Crippen LogP contribution is 2.23. The highest BCUT2D eigenvalue weighted by Gasteiger charge is 2.32. The standard InChI is InChI=1S/C15H18ClFN2O/c16-14-9-12(17)4-3-11(14)8-15(20)19-7-6-18-5-1-2-13(18)10-19/h3-4,9,13H,1-2,5-8,10H2/t13-/m1/s1. The molecule has 0 saturated carbocycles. The lowest BCUT2D eigenvalue weighted by Crippen LogP contribution is -2.52. The molecule has 0 aliphatic carbocycles. The summed E-state index contributed by atoms with van der Waals surface area (Å²) in [5, 5.41) is 0.331. The number of hydrogen-bond donors (Lipinski definition) is 0. The van der Waals surface area contributed by atoms with Crippen LogP contribution in [0.25, 0.3) is 0 Å². The van der Waals surface area contributed by atoms with Crippen LogP contribution < -0.4 is 0 Å². The second-order valence-electron chi connectivity index (χ2n) is 5.58. The predicted molar refractivity (Wildman–Crippen MR) is 76.3 cm³/mol. The molecule has 2 heterocycles. The Hall–Kier alpha value is -1.13. The van der Waals surface area contributed by atoms with E-state index in [1.54, 1.807) is 6.07 Å². The Kier molecular flexibility index (Phi) is 3.94. The topological polar surface area (TPSA) is 23.6 Å². The van der Waals surface area contributed by atoms with Gasteiger partial charge in [-0.15, -0.1) is 0 Å². The summed E-state index contributed by atoms with van der Waals surface area (Å²) >= 11 is 5.98. The molecule has 1 atom stereocenters. The maximum absolute atomic E-state index is 13.0. The van der Waals surface area contributed by atoms with Crippen molar-refractivity contribution < 1.29 is 9.18 Å². The summed E-state index contributed by atoms with van der Waals surface area (Å²) < 4.78 is 13.0. The molecule has 1 aromatic rings. The molecule has 1 aromatic carbocycles. The van der Waals surface area contributed by atoms with Crippen LogP contribution in [-0.2, 0) is 11.2 Å². The second-order valence-corrected chi connectivity index (χ2v) is 5.99. The molecule has 0 spiro atoms. The van der Waals surface area contributed by atoms with Gasteiger partial charge in [0, 0.05) is 30.7 Å². The van der Waals surface area contributed by atoms with E-state index < -0.39 is 0 Å². The van der Waals surface area contributed by atoms with Crippen LogP contribution >= 0.6 is 11.6 Å². The molecule has 0 bridgehead atoms. The van der Waals surface area contributed by atoms with E-state index in [1.165, 1.54) is 25.0 Å². The molecule has 5 heteroatoms. The zero-order valence-electron chi connectivity index (χ0n) is 11.3. The Bertz CT molecular complexity index is 523. The number of piperazine rings is 1. The van der Waals surface area contributed by atoms with E-state index in [0.717, 1.165) is 26.2 Å². The van der Waals surface area contributed by atoms with Crippen molar-refractivity contribution in [1.82, 2.24) is 9.80 Å². The van der Waals surface area contributed by atoms with E-state index in [2.05, 4.69) is 4.90 Å². The molecule has 2 aliphatic heterocycles. The van der Waals surface area contributed by atoms with Gasteiger partial charge in [-0.1, -0.05) is 17.7 Å². The van der Waals surface area contributed by atoms with E-state index in [1.807, 2.05) is 4.90 Å². The van der Waals surface area contributed by atoms with Crippen molar-refractivity contribution >= 4 is 17.5 Å². The third-order valence-corrected chi connectivity index (χ3v) is 4.65. The summed E-state index contributed by atoms with van der Waals surface area (Å²) in [5.41, 5.74) is 0.701. The van der Waals surface area contributed by atoms with Crippen molar-refractivity contribution in [1.29, 1.82) is 0 Å². The van der Waals surface area contributed by atoms with Crippen LogP contribution in [0, 0.1) is 5.82 Å². The average molecular weight is 297 g/mol. The van der Waals surface area contributed by atoms with Crippen molar-refractivity contribution in [2.45, 2.75) is 25.3 Å². The molecule has 3 nitrogen and oxygen atoms in total. The molecule has 2 aliphatic rings. The maximum Gasteiger partial charge on any atom is 0.227 e. The second kappa shape index (κ2) is 5.70. The summed E-state index contributed by atoms with van der Waals surface area (Å²) in [5.74, 6) is -0.282. The van der Waals surface area contributed by atoms with Gasteiger partial charge in [-0.3, -0.25) is 9.69 Å². The van der Waals surface area contributed by atoms with Gasteiger partial charge in [0.2, 0.25) is 5.91 Å². The number of hydrogen-bond acceptors (Lipinski definition) is 2. The minimum absolute atomic E-state index is 0.0880. The molecule has 1 amide bonds. The van der Waals surface area contributed by atoms with Gasteiger partial charge in [-0.25, -0.2) is 4.39 Å². The van der Waals surface area contributed by atoms with Gasteiger partial charge in [0.1, 0.15) is 5.82 Å². The lowest BCUT2D eigenvalue weighted by atomic mass is 10.1. The first-order valence-corrected chi connectivity index (χ1v) is 7.47. The molecule has 108 valence electrons. The molecule has 0 N–H and O–H groups in total. The third kappa shape index (κ3) is 2.81. The monoisotopic (exact) mass is 296 g/mol. The minimum atomic E-state index is -0.370. The van der Waals surface area contributed by atoms with Gasteiger partial charge in [0.15, 0.2) is 0 Å². The molecule has 2 fully saturated rings. The first kappa shape index (κ1) is 13.8. The van der Waals surface area contributed by atoms with Crippen molar-refractivity contribution in [3.05, 3.63) is 34.6 Å². The Morgan fingerprint density at radius 1 is 1.35 bits per heavy atom. The fourth-order valence-corrected chi connectivity index (χ4v) is 3.39. The van der Waals surface area contributed by atoms with E-state index >= 15 is 0 Å². The van der Waals surface area contributed by atoms with Crippen molar-refractivity contribution in [3.8, 4) is 0 Å². The number of halogens is 2. The van der Waals surface area contributed by atoms with Gasteiger partial charge in [0.25, 0.3) is 0 Å². The van der Waals surface area contributed by atoms with Crippen LogP contribution in [0.2, 0.25) is 5.02 Å². The van der Waals surface area contributed by atoms with Crippen LogP contribution in [0.3, 0.4) is 0 Å². The fourth-order valence-electron chi connectivity index (χ4n) is 3.16. The third-order valence-electron chi connectivity index (χ3n) is 4.30. The van der Waals surface area contributed by atoms with Gasteiger partial charge in [-0.2, -0.15) is 0 Å². The lowest BCUT2D eigenvalue weighted by Gasteiger charge is -2.37. The first-order chi connectivity index (χ1) is 9.63. The summed E-state index contributed by atoms with van der Waals surface area (Å²) in [4.78, 5) is 16.7. The Morgan fingerprint density at radius 2 is 2.20 bits per heavy atom. The molecule has 20 heavy (non-hydrogen) atoms. The number of rotatable bonds is 2. The van der Waals surface area contributed by atoms with Gasteiger partial charge in [0.05, 0.1) is 6.42 Å². The smallest absolute Gasteiger partial charge is 0.227 e. The number of benzene rings is 1. The van der Waals surface area contributed by atoms with Gasteiger partial charge in [-0.05, 0) is 37.1 Å². The number of carbonyl (C=O) groups is 1. The van der Waals surface area contributed by atoms with Crippen LogP contribution in [-0.4, -0.2) is 47.9 Å². The summed E-state index contributed by atoms with van der Waals surface area (Å²) in [6.45, 7) is 3.73. The highest BCUT2D eigenvalue weighted by atomic mass is 35.5.